The van der Waals surface area contributed by atoms with Gasteiger partial charge >= 0.3 is 0 Å². The number of ether oxygens (including phenoxy) is 1. The predicted molar refractivity (Wildman–Crippen MR) is 97.9 cm³/mol. The Labute approximate surface area is 149 Å². The van der Waals surface area contributed by atoms with Crippen molar-refractivity contribution in [2.24, 2.45) is 5.41 Å². The zero-order chi connectivity index (χ0) is 17.9. The molecular weight excluding hydrogens is 316 g/mol. The van der Waals surface area contributed by atoms with Gasteiger partial charge in [0.05, 0.1) is 6.61 Å². The normalized spacial score (nSPS) is 23.2. The van der Waals surface area contributed by atoms with Crippen molar-refractivity contribution >= 4 is 5.91 Å². The molecule has 1 unspecified atom stereocenters. The molecular formula is C20H28N2O3. The maximum Gasteiger partial charge on any atom is 0.259 e. The van der Waals surface area contributed by atoms with Crippen molar-refractivity contribution in [3.05, 3.63) is 45.9 Å². The number of piperidine rings is 1. The summed E-state index contributed by atoms with van der Waals surface area (Å²) in [6.45, 7) is 4.58. The molecule has 136 valence electrons. The van der Waals surface area contributed by atoms with Crippen molar-refractivity contribution in [3.8, 4) is 0 Å². The van der Waals surface area contributed by atoms with E-state index in [1.54, 1.807) is 19.4 Å². The summed E-state index contributed by atoms with van der Waals surface area (Å²) in [7, 11) is 1.65. The first kappa shape index (κ1) is 17.9. The molecule has 5 nitrogen and oxygen atoms in total. The topological polar surface area (TPSA) is 51.5 Å². The molecule has 1 fully saturated rings. The zero-order valence-corrected chi connectivity index (χ0v) is 15.3. The van der Waals surface area contributed by atoms with Crippen LogP contribution in [-0.4, -0.2) is 42.2 Å². The SMILES string of the molecule is COCCn1cc(C(=O)N2CCCC3(CC=CCC3)C2)c(=O)cc1C. The number of hydrogen-bond donors (Lipinski definition) is 0. The smallest absolute Gasteiger partial charge is 0.259 e. The summed E-state index contributed by atoms with van der Waals surface area (Å²) in [6, 6.07) is 1.56. The Morgan fingerprint density at radius 2 is 2.16 bits per heavy atom. The molecule has 3 rings (SSSR count). The largest absolute Gasteiger partial charge is 0.383 e. The molecule has 2 heterocycles. The van der Waals surface area contributed by atoms with E-state index in [2.05, 4.69) is 12.2 Å². The molecule has 5 heteroatoms. The van der Waals surface area contributed by atoms with Gasteiger partial charge in [0, 0.05) is 44.7 Å². The summed E-state index contributed by atoms with van der Waals surface area (Å²) >= 11 is 0. The predicted octanol–water partition coefficient (Wildman–Crippen LogP) is 2.77. The lowest BCUT2D eigenvalue weighted by Crippen LogP contribution is -2.47. The summed E-state index contributed by atoms with van der Waals surface area (Å²) in [5.74, 6) is -0.121. The second-order valence-electron chi connectivity index (χ2n) is 7.42. The Bertz CT molecular complexity index is 722. The second-order valence-corrected chi connectivity index (χ2v) is 7.42. The molecule has 1 spiro atoms. The van der Waals surface area contributed by atoms with Gasteiger partial charge in [-0.25, -0.2) is 0 Å². The van der Waals surface area contributed by atoms with Crippen LogP contribution in [-0.2, 0) is 11.3 Å². The van der Waals surface area contributed by atoms with Crippen LogP contribution in [0.4, 0.5) is 0 Å². The van der Waals surface area contributed by atoms with Crippen molar-refractivity contribution < 1.29 is 9.53 Å². The number of rotatable bonds is 4. The number of methoxy groups -OCH3 is 1. The molecule has 1 amide bonds. The minimum Gasteiger partial charge on any atom is -0.383 e. The highest BCUT2D eigenvalue weighted by Gasteiger charge is 2.37. The summed E-state index contributed by atoms with van der Waals surface area (Å²) < 4.78 is 7.05. The van der Waals surface area contributed by atoms with Crippen LogP contribution in [0.2, 0.25) is 0 Å². The Balaban J connectivity index is 1.82. The van der Waals surface area contributed by atoms with Gasteiger partial charge in [-0.3, -0.25) is 9.59 Å². The molecule has 1 aliphatic heterocycles. The molecule has 1 aromatic rings. The number of hydrogen-bond acceptors (Lipinski definition) is 3. The molecule has 1 saturated heterocycles. The lowest BCUT2D eigenvalue weighted by molar-refractivity contribution is 0.0482. The number of amides is 1. The van der Waals surface area contributed by atoms with Crippen LogP contribution in [0, 0.1) is 12.3 Å². The van der Waals surface area contributed by atoms with Gasteiger partial charge in [-0.05, 0) is 44.4 Å². The van der Waals surface area contributed by atoms with E-state index in [-0.39, 0.29) is 22.3 Å². The van der Waals surface area contributed by atoms with E-state index in [0.29, 0.717) is 13.2 Å². The summed E-state index contributed by atoms with van der Waals surface area (Å²) in [6.07, 6.45) is 11.7. The van der Waals surface area contributed by atoms with Crippen molar-refractivity contribution in [1.82, 2.24) is 9.47 Å². The van der Waals surface area contributed by atoms with Gasteiger partial charge in [0.15, 0.2) is 5.43 Å². The van der Waals surface area contributed by atoms with Crippen LogP contribution < -0.4 is 5.43 Å². The van der Waals surface area contributed by atoms with Crippen LogP contribution in [0.5, 0.6) is 0 Å². The van der Waals surface area contributed by atoms with Gasteiger partial charge in [0.1, 0.15) is 5.56 Å². The van der Waals surface area contributed by atoms with E-state index in [9.17, 15) is 9.59 Å². The number of aryl methyl sites for hydroxylation is 1. The van der Waals surface area contributed by atoms with Crippen molar-refractivity contribution in [3.63, 3.8) is 0 Å². The minimum atomic E-state index is -0.181. The maximum atomic E-state index is 13.0. The van der Waals surface area contributed by atoms with Gasteiger partial charge in [0.2, 0.25) is 0 Å². The molecule has 25 heavy (non-hydrogen) atoms. The number of nitrogens with zero attached hydrogens (tertiary/aromatic N) is 2. The third kappa shape index (κ3) is 3.87. The Kier molecular flexibility index (Phi) is 5.42. The highest BCUT2D eigenvalue weighted by Crippen LogP contribution is 2.40. The van der Waals surface area contributed by atoms with Crippen molar-refractivity contribution in [2.45, 2.75) is 45.6 Å². The third-order valence-corrected chi connectivity index (χ3v) is 5.62. The highest BCUT2D eigenvalue weighted by molar-refractivity contribution is 5.94. The fourth-order valence-electron chi connectivity index (χ4n) is 4.13. The van der Waals surface area contributed by atoms with E-state index in [1.165, 1.54) is 6.42 Å². The molecule has 1 atom stereocenters. The first-order valence-electron chi connectivity index (χ1n) is 9.19. The van der Waals surface area contributed by atoms with Gasteiger partial charge in [-0.15, -0.1) is 0 Å². The maximum absolute atomic E-state index is 13.0. The quantitative estimate of drug-likeness (QED) is 0.789. The van der Waals surface area contributed by atoms with Crippen LogP contribution in [0.15, 0.2) is 29.2 Å². The first-order valence-corrected chi connectivity index (χ1v) is 9.19. The van der Waals surface area contributed by atoms with E-state index in [4.69, 9.17) is 4.74 Å². The molecule has 0 bridgehead atoms. The molecule has 2 aliphatic rings. The molecule has 1 aliphatic carbocycles. The summed E-state index contributed by atoms with van der Waals surface area (Å²) in [4.78, 5) is 27.4. The fraction of sp³-hybridized carbons (Fsp3) is 0.600. The van der Waals surface area contributed by atoms with Crippen LogP contribution >= 0.6 is 0 Å². The lowest BCUT2D eigenvalue weighted by atomic mass is 9.71. The lowest BCUT2D eigenvalue weighted by Gasteiger charge is -2.43. The van der Waals surface area contributed by atoms with Crippen LogP contribution in [0.3, 0.4) is 0 Å². The van der Waals surface area contributed by atoms with E-state index in [1.807, 2.05) is 16.4 Å². The Hall–Kier alpha value is -1.88. The number of carbonyl (C=O) groups excluding carboxylic acids is 1. The van der Waals surface area contributed by atoms with Gasteiger partial charge in [-0.1, -0.05) is 12.2 Å². The molecule has 0 saturated carbocycles. The molecule has 0 aromatic carbocycles. The second kappa shape index (κ2) is 7.56. The number of aromatic nitrogens is 1. The average Bonchev–Trinajstić information content (AvgIpc) is 2.61. The molecule has 0 N–H and O–H groups in total. The zero-order valence-electron chi connectivity index (χ0n) is 15.3. The number of pyridine rings is 1. The van der Waals surface area contributed by atoms with Crippen molar-refractivity contribution in [1.29, 1.82) is 0 Å². The third-order valence-electron chi connectivity index (χ3n) is 5.62. The van der Waals surface area contributed by atoms with E-state index < -0.39 is 0 Å². The first-order chi connectivity index (χ1) is 12.0. The van der Waals surface area contributed by atoms with E-state index in [0.717, 1.165) is 44.5 Å². The van der Waals surface area contributed by atoms with Gasteiger partial charge < -0.3 is 14.2 Å². The average molecular weight is 344 g/mol. The number of allylic oxidation sites excluding steroid dienone is 2. The summed E-state index contributed by atoms with van der Waals surface area (Å²) in [5, 5.41) is 0. The molecule has 0 radical (unpaired) electrons. The highest BCUT2D eigenvalue weighted by atomic mass is 16.5. The van der Waals surface area contributed by atoms with Crippen molar-refractivity contribution in [2.75, 3.05) is 26.8 Å². The van der Waals surface area contributed by atoms with Gasteiger partial charge in [-0.2, -0.15) is 0 Å². The minimum absolute atomic E-state index is 0.121. The van der Waals surface area contributed by atoms with Gasteiger partial charge in [0.25, 0.3) is 5.91 Å². The Morgan fingerprint density at radius 3 is 2.88 bits per heavy atom. The van der Waals surface area contributed by atoms with E-state index >= 15 is 0 Å². The Morgan fingerprint density at radius 1 is 1.32 bits per heavy atom. The standard InChI is InChI=1S/C20H28N2O3/c1-16-13-18(23)17(14-21(16)11-12-25-2)19(24)22-10-6-9-20(15-22)7-4-3-5-8-20/h3-4,13-14H,5-12,15H2,1-2H3. The van der Waals surface area contributed by atoms with Crippen LogP contribution in [0.1, 0.15) is 48.2 Å². The number of likely N-dealkylation sites (tertiary alicyclic amines) is 1. The monoisotopic (exact) mass is 344 g/mol. The fourth-order valence-corrected chi connectivity index (χ4v) is 4.13. The number of carbonyl (C=O) groups is 1. The van der Waals surface area contributed by atoms with Crippen LogP contribution in [0.25, 0.3) is 0 Å². The summed E-state index contributed by atoms with van der Waals surface area (Å²) in [5.41, 5.74) is 1.16. The molecule has 1 aromatic heterocycles.